The summed E-state index contributed by atoms with van der Waals surface area (Å²) >= 11 is 3.23. The van der Waals surface area contributed by atoms with E-state index in [1.54, 1.807) is 10.9 Å². The van der Waals surface area contributed by atoms with Crippen molar-refractivity contribution < 1.29 is 4.92 Å². The van der Waals surface area contributed by atoms with Crippen molar-refractivity contribution in [3.63, 3.8) is 0 Å². The Labute approximate surface area is 110 Å². The lowest BCUT2D eigenvalue weighted by Gasteiger charge is -2.06. The number of halogens is 1. The van der Waals surface area contributed by atoms with Crippen LogP contribution in [0.1, 0.15) is 5.82 Å². The summed E-state index contributed by atoms with van der Waals surface area (Å²) in [5.74, 6) is 1.26. The van der Waals surface area contributed by atoms with Crippen molar-refractivity contribution in [1.82, 2.24) is 19.7 Å². The number of hydrogen-bond acceptors (Lipinski definition) is 6. The average molecular weight is 313 g/mol. The van der Waals surface area contributed by atoms with Crippen molar-refractivity contribution in [2.45, 2.75) is 6.54 Å². The Morgan fingerprint density at radius 2 is 2.39 bits per heavy atom. The van der Waals surface area contributed by atoms with Crippen molar-refractivity contribution >= 4 is 27.4 Å². The topological polar surface area (TPSA) is 98.8 Å². The van der Waals surface area contributed by atoms with Crippen LogP contribution in [-0.4, -0.2) is 24.7 Å². The largest absolute Gasteiger partial charge is 0.362 e. The quantitative estimate of drug-likeness (QED) is 0.678. The lowest BCUT2D eigenvalue weighted by Crippen LogP contribution is -2.07. The van der Waals surface area contributed by atoms with Gasteiger partial charge in [-0.1, -0.05) is 0 Å². The third kappa shape index (κ3) is 2.62. The van der Waals surface area contributed by atoms with Crippen LogP contribution in [-0.2, 0) is 13.6 Å². The molecule has 0 aliphatic heterocycles. The second-order valence-corrected chi connectivity index (χ2v) is 4.35. The second-order valence-electron chi connectivity index (χ2n) is 3.49. The first-order chi connectivity index (χ1) is 8.58. The molecule has 1 N–H and O–H groups in total. The molecule has 8 nitrogen and oxygen atoms in total. The monoisotopic (exact) mass is 312 g/mol. The highest BCUT2D eigenvalue weighted by Gasteiger charge is 2.10. The fraction of sp³-hybridized carbons (Fsp3) is 0.222. The first-order valence-electron chi connectivity index (χ1n) is 4.94. The van der Waals surface area contributed by atoms with E-state index < -0.39 is 4.92 Å². The minimum absolute atomic E-state index is 0.0638. The van der Waals surface area contributed by atoms with Gasteiger partial charge in [0.15, 0.2) is 5.82 Å². The molecule has 0 saturated carbocycles. The fourth-order valence-corrected chi connectivity index (χ4v) is 1.76. The van der Waals surface area contributed by atoms with Crippen LogP contribution < -0.4 is 5.32 Å². The minimum atomic E-state index is -0.496. The zero-order valence-corrected chi connectivity index (χ0v) is 11.0. The van der Waals surface area contributed by atoms with E-state index in [-0.39, 0.29) is 5.69 Å². The summed E-state index contributed by atoms with van der Waals surface area (Å²) in [6.07, 6.45) is 2.79. The number of pyridine rings is 1. The maximum absolute atomic E-state index is 10.6. The highest BCUT2D eigenvalue weighted by Crippen LogP contribution is 2.24. The summed E-state index contributed by atoms with van der Waals surface area (Å²) in [6, 6.07) is 1.39. The van der Waals surface area contributed by atoms with E-state index in [4.69, 9.17) is 0 Å². The number of nitrogens with one attached hydrogen (secondary N) is 1. The van der Waals surface area contributed by atoms with Gasteiger partial charge in [-0.05, 0) is 15.9 Å². The van der Waals surface area contributed by atoms with Gasteiger partial charge < -0.3 is 9.88 Å². The molecule has 0 saturated heterocycles. The van der Waals surface area contributed by atoms with Crippen molar-refractivity contribution in [3.8, 4) is 0 Å². The van der Waals surface area contributed by atoms with E-state index in [9.17, 15) is 10.1 Å². The van der Waals surface area contributed by atoms with Gasteiger partial charge in [-0.15, -0.1) is 10.2 Å². The molecule has 0 bridgehead atoms. The maximum Gasteiger partial charge on any atom is 0.288 e. The number of nitrogens with zero attached hydrogens (tertiary/aromatic N) is 5. The van der Waals surface area contributed by atoms with Gasteiger partial charge >= 0.3 is 0 Å². The molecule has 0 atom stereocenters. The molecule has 0 aliphatic carbocycles. The van der Waals surface area contributed by atoms with E-state index >= 15 is 0 Å². The Morgan fingerprint density at radius 1 is 1.61 bits per heavy atom. The van der Waals surface area contributed by atoms with Gasteiger partial charge in [-0.3, -0.25) is 10.1 Å². The molecule has 0 aromatic carbocycles. The first kappa shape index (κ1) is 12.4. The number of aryl methyl sites for hydroxylation is 1. The molecule has 2 aromatic heterocycles. The zero-order valence-electron chi connectivity index (χ0n) is 9.37. The van der Waals surface area contributed by atoms with Crippen LogP contribution in [0, 0.1) is 10.1 Å². The summed E-state index contributed by atoms with van der Waals surface area (Å²) in [4.78, 5) is 14.0. The van der Waals surface area contributed by atoms with Crippen molar-refractivity contribution in [2.75, 3.05) is 5.32 Å². The van der Waals surface area contributed by atoms with Gasteiger partial charge in [-0.2, -0.15) is 0 Å². The lowest BCUT2D eigenvalue weighted by atomic mass is 10.4. The summed E-state index contributed by atoms with van der Waals surface area (Å²) < 4.78 is 2.30. The van der Waals surface area contributed by atoms with Gasteiger partial charge in [0.25, 0.3) is 5.69 Å². The van der Waals surface area contributed by atoms with Gasteiger partial charge in [0.05, 0.1) is 15.9 Å². The summed E-state index contributed by atoms with van der Waals surface area (Å²) in [5, 5.41) is 21.2. The van der Waals surface area contributed by atoms with Crippen LogP contribution in [0.15, 0.2) is 23.1 Å². The molecule has 0 amide bonds. The molecular weight excluding hydrogens is 304 g/mol. The predicted octanol–water partition coefficient (Wildman–Crippen LogP) is 1.49. The van der Waals surface area contributed by atoms with Crippen molar-refractivity contribution in [1.29, 1.82) is 0 Å². The van der Waals surface area contributed by atoms with Gasteiger partial charge in [0.1, 0.15) is 18.3 Å². The predicted molar refractivity (Wildman–Crippen MR) is 66.9 cm³/mol. The van der Waals surface area contributed by atoms with Crippen LogP contribution in [0.2, 0.25) is 0 Å². The van der Waals surface area contributed by atoms with Gasteiger partial charge in [0.2, 0.25) is 0 Å². The molecule has 94 valence electrons. The number of hydrogen-bond donors (Lipinski definition) is 1. The third-order valence-electron chi connectivity index (χ3n) is 2.26. The molecule has 2 rings (SSSR count). The molecular formula is C9H9BrN6O2. The molecule has 0 unspecified atom stereocenters. The van der Waals surface area contributed by atoms with E-state index in [1.165, 1.54) is 12.3 Å². The smallest absolute Gasteiger partial charge is 0.288 e. The van der Waals surface area contributed by atoms with Gasteiger partial charge in [0, 0.05) is 13.1 Å². The molecule has 0 fully saturated rings. The van der Waals surface area contributed by atoms with Crippen LogP contribution in [0.5, 0.6) is 0 Å². The molecule has 2 aromatic rings. The maximum atomic E-state index is 10.6. The lowest BCUT2D eigenvalue weighted by molar-refractivity contribution is -0.385. The van der Waals surface area contributed by atoms with E-state index in [0.29, 0.717) is 16.8 Å². The second kappa shape index (κ2) is 5.08. The van der Waals surface area contributed by atoms with Crippen molar-refractivity contribution in [3.05, 3.63) is 39.0 Å². The van der Waals surface area contributed by atoms with Crippen LogP contribution >= 0.6 is 15.9 Å². The van der Waals surface area contributed by atoms with Gasteiger partial charge in [-0.25, -0.2) is 4.98 Å². The third-order valence-corrected chi connectivity index (χ3v) is 2.86. The number of nitro groups is 1. The van der Waals surface area contributed by atoms with Crippen LogP contribution in [0.25, 0.3) is 0 Å². The zero-order chi connectivity index (χ0) is 13.1. The summed E-state index contributed by atoms with van der Waals surface area (Å²) in [7, 11) is 1.83. The Bertz CT molecular complexity index is 584. The highest BCUT2D eigenvalue weighted by molar-refractivity contribution is 9.10. The molecule has 18 heavy (non-hydrogen) atoms. The molecule has 0 aliphatic rings. The normalized spacial score (nSPS) is 10.3. The molecule has 0 spiro atoms. The van der Waals surface area contributed by atoms with Crippen LogP contribution in [0.4, 0.5) is 11.5 Å². The molecule has 2 heterocycles. The Kier molecular flexibility index (Phi) is 3.51. The van der Waals surface area contributed by atoms with Crippen LogP contribution in [0.3, 0.4) is 0 Å². The minimum Gasteiger partial charge on any atom is -0.362 e. The standard InChI is InChI=1S/C9H9BrN6O2/c1-15-5-13-14-8(15)4-12-9-7(10)2-6(3-11-9)16(17)18/h2-3,5H,4H2,1H3,(H,11,12). The SMILES string of the molecule is Cn1cnnc1CNc1ncc([N+](=O)[O-])cc1Br. The summed E-state index contributed by atoms with van der Waals surface area (Å²) in [6.45, 7) is 0.430. The Balaban J connectivity index is 2.11. The summed E-state index contributed by atoms with van der Waals surface area (Å²) in [5.41, 5.74) is -0.0638. The Morgan fingerprint density at radius 3 is 2.94 bits per heavy atom. The fourth-order valence-electron chi connectivity index (χ4n) is 1.29. The highest BCUT2D eigenvalue weighted by atomic mass is 79.9. The van der Waals surface area contributed by atoms with E-state index in [2.05, 4.69) is 36.4 Å². The van der Waals surface area contributed by atoms with E-state index in [1.807, 2.05) is 7.05 Å². The molecule has 0 radical (unpaired) electrons. The first-order valence-corrected chi connectivity index (χ1v) is 5.74. The number of anilines is 1. The molecule has 9 heteroatoms. The van der Waals surface area contributed by atoms with E-state index in [0.717, 1.165) is 5.82 Å². The Hall–Kier alpha value is -2.03. The van der Waals surface area contributed by atoms with Crippen molar-refractivity contribution in [2.24, 2.45) is 7.05 Å². The number of rotatable bonds is 4. The number of aromatic nitrogens is 4. The average Bonchev–Trinajstić information content (AvgIpc) is 2.73.